The second-order valence-electron chi connectivity index (χ2n) is 6.52. The van der Waals surface area contributed by atoms with E-state index in [-0.39, 0.29) is 10.8 Å². The number of amides is 1. The van der Waals surface area contributed by atoms with Crippen molar-refractivity contribution in [3.8, 4) is 0 Å². The first-order valence-electron chi connectivity index (χ1n) is 9.22. The number of alkyl halides is 3. The second-order valence-corrected chi connectivity index (χ2v) is 6.92. The Morgan fingerprint density at radius 1 is 1.10 bits per heavy atom. The van der Waals surface area contributed by atoms with E-state index >= 15 is 0 Å². The smallest absolute Gasteiger partial charge is 0.378 e. The van der Waals surface area contributed by atoms with Gasteiger partial charge in [-0.2, -0.15) is 13.2 Å². The lowest BCUT2D eigenvalue weighted by atomic mass is 10.1. The van der Waals surface area contributed by atoms with Crippen LogP contribution >= 0.6 is 12.2 Å². The fourth-order valence-corrected chi connectivity index (χ4v) is 3.15. The highest BCUT2D eigenvalue weighted by Crippen LogP contribution is 2.35. The Kier molecular flexibility index (Phi) is 7.07. The van der Waals surface area contributed by atoms with Gasteiger partial charge in [0, 0.05) is 19.2 Å². The zero-order valence-corrected chi connectivity index (χ0v) is 16.7. The van der Waals surface area contributed by atoms with Crippen LogP contribution in [0.15, 0.2) is 54.6 Å². The summed E-state index contributed by atoms with van der Waals surface area (Å²) in [7, 11) is 0. The van der Waals surface area contributed by atoms with Crippen LogP contribution in [0.2, 0.25) is 0 Å². The summed E-state index contributed by atoms with van der Waals surface area (Å²) in [5.74, 6) is -0.490. The van der Waals surface area contributed by atoms with Crippen LogP contribution in [0.25, 0.3) is 6.08 Å². The molecule has 2 aromatic rings. The Balaban J connectivity index is 1.73. The first kappa shape index (κ1) is 21.8. The molecule has 0 radical (unpaired) electrons. The maximum Gasteiger partial charge on any atom is 0.416 e. The van der Waals surface area contributed by atoms with Gasteiger partial charge >= 0.3 is 6.18 Å². The van der Waals surface area contributed by atoms with Crippen molar-refractivity contribution in [2.45, 2.75) is 6.18 Å². The van der Waals surface area contributed by atoms with Crippen LogP contribution in [-0.2, 0) is 15.7 Å². The zero-order chi connectivity index (χ0) is 21.6. The second kappa shape index (κ2) is 9.73. The number of nitrogens with zero attached hydrogens (tertiary/aromatic N) is 1. The van der Waals surface area contributed by atoms with Gasteiger partial charge in [-0.15, -0.1) is 0 Å². The van der Waals surface area contributed by atoms with Crippen molar-refractivity contribution in [2.75, 3.05) is 36.5 Å². The summed E-state index contributed by atoms with van der Waals surface area (Å²) >= 11 is 5.14. The molecule has 0 saturated carbocycles. The first-order valence-corrected chi connectivity index (χ1v) is 9.63. The molecule has 0 bridgehead atoms. The summed E-state index contributed by atoms with van der Waals surface area (Å²) in [5.41, 5.74) is 0.755. The van der Waals surface area contributed by atoms with Crippen LogP contribution < -0.4 is 15.5 Å². The maximum atomic E-state index is 13.2. The number of anilines is 2. The molecule has 3 rings (SSSR count). The molecule has 1 saturated heterocycles. The van der Waals surface area contributed by atoms with Crippen LogP contribution in [0, 0.1) is 0 Å². The number of hydrogen-bond donors (Lipinski definition) is 2. The summed E-state index contributed by atoms with van der Waals surface area (Å²) in [6.45, 7) is 2.04. The summed E-state index contributed by atoms with van der Waals surface area (Å²) in [4.78, 5) is 14.0. The van der Waals surface area contributed by atoms with Gasteiger partial charge in [0.25, 0.3) is 0 Å². The average Bonchev–Trinajstić information content (AvgIpc) is 2.73. The highest BCUT2D eigenvalue weighted by Gasteiger charge is 2.31. The standard InChI is InChI=1S/C21H20F3N3O2S/c22-21(23,24)16-7-8-18(27-10-12-29-13-11-27)17(14-16)25-20(30)26-19(28)9-6-15-4-2-1-3-5-15/h1-9,14H,10-13H2,(H2,25,26,28,30)/b9-6+. The monoisotopic (exact) mass is 435 g/mol. The lowest BCUT2D eigenvalue weighted by Gasteiger charge is -2.31. The summed E-state index contributed by atoms with van der Waals surface area (Å²) in [6.07, 6.45) is -1.58. The van der Waals surface area contributed by atoms with Crippen LogP contribution in [0.1, 0.15) is 11.1 Å². The van der Waals surface area contributed by atoms with Crippen molar-refractivity contribution in [2.24, 2.45) is 0 Å². The largest absolute Gasteiger partial charge is 0.416 e. The molecule has 0 spiro atoms. The highest BCUT2D eigenvalue weighted by molar-refractivity contribution is 7.80. The van der Waals surface area contributed by atoms with Crippen molar-refractivity contribution in [1.29, 1.82) is 0 Å². The molecule has 5 nitrogen and oxygen atoms in total. The van der Waals surface area contributed by atoms with Crippen molar-refractivity contribution >= 4 is 40.7 Å². The predicted molar refractivity (Wildman–Crippen MR) is 114 cm³/mol. The molecule has 0 unspecified atom stereocenters. The number of morpholine rings is 1. The van der Waals surface area contributed by atoms with E-state index in [1.165, 1.54) is 12.1 Å². The minimum absolute atomic E-state index is 0.0912. The Bertz CT molecular complexity index is 927. The number of benzene rings is 2. The molecule has 30 heavy (non-hydrogen) atoms. The molecule has 9 heteroatoms. The van der Waals surface area contributed by atoms with Gasteiger partial charge in [-0.05, 0) is 42.1 Å². The van der Waals surface area contributed by atoms with Gasteiger partial charge in [0.15, 0.2) is 5.11 Å². The van der Waals surface area contributed by atoms with Crippen molar-refractivity contribution < 1.29 is 22.7 Å². The minimum Gasteiger partial charge on any atom is -0.378 e. The quantitative estimate of drug-likeness (QED) is 0.560. The predicted octanol–water partition coefficient (Wildman–Crippen LogP) is 4.07. The number of halogens is 3. The molecule has 0 atom stereocenters. The van der Waals surface area contributed by atoms with E-state index in [1.807, 2.05) is 35.2 Å². The Morgan fingerprint density at radius 3 is 2.47 bits per heavy atom. The van der Waals surface area contributed by atoms with Gasteiger partial charge in [-0.25, -0.2) is 0 Å². The van der Waals surface area contributed by atoms with Crippen molar-refractivity contribution in [3.05, 3.63) is 65.7 Å². The van der Waals surface area contributed by atoms with E-state index in [4.69, 9.17) is 17.0 Å². The molecule has 0 aliphatic carbocycles. The number of rotatable bonds is 4. The molecule has 0 aromatic heterocycles. The SMILES string of the molecule is O=C(/C=C/c1ccccc1)NC(=S)Nc1cc(C(F)(F)F)ccc1N1CCOCC1. The third-order valence-corrected chi connectivity index (χ3v) is 4.59. The third kappa shape index (κ3) is 6.04. The Morgan fingerprint density at radius 2 is 1.80 bits per heavy atom. The zero-order valence-electron chi connectivity index (χ0n) is 15.9. The van der Waals surface area contributed by atoms with Gasteiger partial charge in [0.1, 0.15) is 0 Å². The van der Waals surface area contributed by atoms with Crippen LogP contribution in [0.3, 0.4) is 0 Å². The Hall–Kier alpha value is -2.91. The molecule has 1 aliphatic rings. The first-order chi connectivity index (χ1) is 14.3. The number of ether oxygens (including phenoxy) is 1. The third-order valence-electron chi connectivity index (χ3n) is 4.39. The van der Waals surface area contributed by atoms with E-state index in [0.717, 1.165) is 17.7 Å². The Labute approximate surface area is 177 Å². The van der Waals surface area contributed by atoms with E-state index in [2.05, 4.69) is 10.6 Å². The fraction of sp³-hybridized carbons (Fsp3) is 0.238. The number of carbonyl (C=O) groups is 1. The van der Waals surface area contributed by atoms with Gasteiger partial charge in [0.2, 0.25) is 5.91 Å². The van der Waals surface area contributed by atoms with Crippen LogP contribution in [-0.4, -0.2) is 37.3 Å². The maximum absolute atomic E-state index is 13.2. The molecular formula is C21H20F3N3O2S. The number of hydrogen-bond acceptors (Lipinski definition) is 4. The highest BCUT2D eigenvalue weighted by atomic mass is 32.1. The van der Waals surface area contributed by atoms with E-state index in [9.17, 15) is 18.0 Å². The van der Waals surface area contributed by atoms with Crippen molar-refractivity contribution in [3.63, 3.8) is 0 Å². The number of nitrogens with one attached hydrogen (secondary N) is 2. The normalized spacial score (nSPS) is 14.6. The lowest BCUT2D eigenvalue weighted by molar-refractivity contribution is -0.137. The van der Waals surface area contributed by atoms with Crippen molar-refractivity contribution in [1.82, 2.24) is 5.32 Å². The lowest BCUT2D eigenvalue weighted by Crippen LogP contribution is -2.38. The molecule has 1 fully saturated rings. The topological polar surface area (TPSA) is 53.6 Å². The van der Waals surface area contributed by atoms with Gasteiger partial charge in [-0.1, -0.05) is 30.3 Å². The van der Waals surface area contributed by atoms with E-state index in [0.29, 0.717) is 32.0 Å². The van der Waals surface area contributed by atoms with Gasteiger partial charge in [-0.3, -0.25) is 10.1 Å². The van der Waals surface area contributed by atoms with Crippen LogP contribution in [0.4, 0.5) is 24.5 Å². The fourth-order valence-electron chi connectivity index (χ4n) is 2.94. The number of carbonyl (C=O) groups excluding carboxylic acids is 1. The number of thiocarbonyl (C=S) groups is 1. The molecular weight excluding hydrogens is 415 g/mol. The molecule has 1 heterocycles. The summed E-state index contributed by atoms with van der Waals surface area (Å²) in [5, 5.41) is 5.10. The molecule has 1 amide bonds. The van der Waals surface area contributed by atoms with Crippen LogP contribution in [0.5, 0.6) is 0 Å². The average molecular weight is 435 g/mol. The van der Waals surface area contributed by atoms with Gasteiger partial charge in [0.05, 0.1) is 30.2 Å². The van der Waals surface area contributed by atoms with E-state index < -0.39 is 17.6 Å². The minimum atomic E-state index is -4.50. The summed E-state index contributed by atoms with van der Waals surface area (Å²) in [6, 6.07) is 12.6. The molecule has 158 valence electrons. The summed E-state index contributed by atoms with van der Waals surface area (Å²) < 4.78 is 44.8. The van der Waals surface area contributed by atoms with Gasteiger partial charge < -0.3 is 15.0 Å². The molecule has 2 N–H and O–H groups in total. The van der Waals surface area contributed by atoms with E-state index in [1.54, 1.807) is 6.08 Å². The molecule has 2 aromatic carbocycles. The molecule has 1 aliphatic heterocycles.